The van der Waals surface area contributed by atoms with E-state index < -0.39 is 23.3 Å². The molecule has 0 aliphatic rings. The highest BCUT2D eigenvalue weighted by Gasteiger charge is 2.21. The maximum atomic E-state index is 13.5. The Hall–Kier alpha value is -2.03. The molecule has 0 aromatic heterocycles. The number of hydrogen-bond acceptors (Lipinski definition) is 1. The van der Waals surface area contributed by atoms with Gasteiger partial charge in [0.05, 0.1) is 5.56 Å². The van der Waals surface area contributed by atoms with Crippen molar-refractivity contribution in [2.45, 2.75) is 12.8 Å². The molecule has 1 nitrogen and oxygen atoms in total. The van der Waals surface area contributed by atoms with E-state index in [1.54, 1.807) is 31.2 Å². The summed E-state index contributed by atoms with van der Waals surface area (Å²) in [5, 5.41) is 0. The molecule has 0 amide bonds. The monoisotopic (exact) mass is 246 g/mol. The predicted molar refractivity (Wildman–Crippen MR) is 65.5 cm³/mol. The predicted octanol–water partition coefficient (Wildman–Crippen LogP) is 3.95. The minimum atomic E-state index is -1.08. The lowest BCUT2D eigenvalue weighted by atomic mass is 9.92. The van der Waals surface area contributed by atoms with Gasteiger partial charge in [-0.2, -0.15) is 0 Å². The van der Waals surface area contributed by atoms with Crippen molar-refractivity contribution in [1.29, 1.82) is 0 Å². The third-order valence-electron chi connectivity index (χ3n) is 2.91. The van der Waals surface area contributed by atoms with E-state index in [4.69, 9.17) is 0 Å². The Morgan fingerprint density at radius 1 is 1.00 bits per heavy atom. The van der Waals surface area contributed by atoms with Crippen LogP contribution in [0.5, 0.6) is 0 Å². The Kier molecular flexibility index (Phi) is 3.51. The van der Waals surface area contributed by atoms with Crippen molar-refractivity contribution in [3.63, 3.8) is 0 Å². The average molecular weight is 246 g/mol. The molecule has 2 aromatic rings. The van der Waals surface area contributed by atoms with E-state index in [2.05, 4.69) is 0 Å². The summed E-state index contributed by atoms with van der Waals surface area (Å²) in [7, 11) is 0. The molecule has 1 atom stereocenters. The highest BCUT2D eigenvalue weighted by atomic mass is 19.2. The largest absolute Gasteiger partial charge is 0.293 e. The summed E-state index contributed by atoms with van der Waals surface area (Å²) in [4.78, 5) is 12.1. The van der Waals surface area contributed by atoms with Gasteiger partial charge in [0.2, 0.25) is 0 Å². The van der Waals surface area contributed by atoms with Gasteiger partial charge in [0.15, 0.2) is 17.4 Å². The third-order valence-corrected chi connectivity index (χ3v) is 2.91. The molecule has 2 aromatic carbocycles. The van der Waals surface area contributed by atoms with Gasteiger partial charge in [-0.25, -0.2) is 8.78 Å². The molecule has 1 unspecified atom stereocenters. The van der Waals surface area contributed by atoms with E-state index in [1.165, 1.54) is 12.1 Å². The molecule has 92 valence electrons. The van der Waals surface area contributed by atoms with Crippen molar-refractivity contribution in [1.82, 2.24) is 0 Å². The Balaban J connectivity index is 2.35. The number of carbonyl (C=O) groups excluding carboxylic acids is 1. The quantitative estimate of drug-likeness (QED) is 0.749. The first kappa shape index (κ1) is 12.4. The smallest absolute Gasteiger partial charge is 0.173 e. The number of hydrogen-bond donors (Lipinski definition) is 0. The zero-order valence-corrected chi connectivity index (χ0v) is 9.86. The van der Waals surface area contributed by atoms with Crippen LogP contribution < -0.4 is 0 Å². The molecule has 0 bridgehead atoms. The topological polar surface area (TPSA) is 17.1 Å². The fourth-order valence-electron chi connectivity index (χ4n) is 1.82. The Morgan fingerprint density at radius 2 is 1.67 bits per heavy atom. The minimum Gasteiger partial charge on any atom is -0.293 e. The molecule has 18 heavy (non-hydrogen) atoms. The minimum absolute atomic E-state index is 0.202. The normalized spacial score (nSPS) is 12.2. The maximum Gasteiger partial charge on any atom is 0.173 e. The highest BCUT2D eigenvalue weighted by Crippen LogP contribution is 2.22. The Morgan fingerprint density at radius 3 is 2.33 bits per heavy atom. The highest BCUT2D eigenvalue weighted by molar-refractivity contribution is 6.00. The fraction of sp³-hybridized carbons (Fsp3) is 0.133. The lowest BCUT2D eigenvalue weighted by Gasteiger charge is -2.11. The van der Waals surface area contributed by atoms with Crippen LogP contribution >= 0.6 is 0 Å². The van der Waals surface area contributed by atoms with Crippen LogP contribution in [0, 0.1) is 11.6 Å². The van der Waals surface area contributed by atoms with Crippen LogP contribution in [0.4, 0.5) is 8.78 Å². The van der Waals surface area contributed by atoms with Crippen LogP contribution in [0.15, 0.2) is 48.5 Å². The van der Waals surface area contributed by atoms with Crippen LogP contribution in [0.1, 0.15) is 28.8 Å². The van der Waals surface area contributed by atoms with Gasteiger partial charge in [0.1, 0.15) is 0 Å². The van der Waals surface area contributed by atoms with Gasteiger partial charge in [-0.15, -0.1) is 0 Å². The molecule has 3 heteroatoms. The number of carbonyl (C=O) groups is 1. The standard InChI is InChI=1S/C15H12F2O/c1-10(11-6-3-2-4-7-11)15(18)12-8-5-9-13(16)14(12)17/h2-10H,1H3. The zero-order chi connectivity index (χ0) is 13.1. The third kappa shape index (κ3) is 2.30. The lowest BCUT2D eigenvalue weighted by Crippen LogP contribution is -2.12. The molecule has 0 aliphatic carbocycles. The number of halogens is 2. The van der Waals surface area contributed by atoms with Crippen LogP contribution in [0.25, 0.3) is 0 Å². The van der Waals surface area contributed by atoms with Gasteiger partial charge in [-0.1, -0.05) is 43.3 Å². The zero-order valence-electron chi connectivity index (χ0n) is 9.86. The molecule has 2 rings (SSSR count). The Bertz CT molecular complexity index is 564. The first-order valence-corrected chi connectivity index (χ1v) is 5.64. The van der Waals surface area contributed by atoms with Crippen LogP contribution in [-0.2, 0) is 0 Å². The van der Waals surface area contributed by atoms with E-state index in [-0.39, 0.29) is 5.56 Å². The van der Waals surface area contributed by atoms with E-state index in [0.29, 0.717) is 0 Å². The molecule has 0 radical (unpaired) electrons. The summed E-state index contributed by atoms with van der Waals surface area (Å²) in [6.07, 6.45) is 0. The van der Waals surface area contributed by atoms with Crippen molar-refractivity contribution in [2.75, 3.05) is 0 Å². The second-order valence-electron chi connectivity index (χ2n) is 4.10. The van der Waals surface area contributed by atoms with E-state index >= 15 is 0 Å². The van der Waals surface area contributed by atoms with Gasteiger partial charge >= 0.3 is 0 Å². The SMILES string of the molecule is CC(C(=O)c1cccc(F)c1F)c1ccccc1. The van der Waals surface area contributed by atoms with Crippen molar-refractivity contribution in [2.24, 2.45) is 0 Å². The van der Waals surface area contributed by atoms with Crippen molar-refractivity contribution in [3.8, 4) is 0 Å². The number of ketones is 1. The maximum absolute atomic E-state index is 13.5. The molecule has 0 spiro atoms. The summed E-state index contributed by atoms with van der Waals surface area (Å²) >= 11 is 0. The van der Waals surface area contributed by atoms with Gasteiger partial charge < -0.3 is 0 Å². The molecule has 0 saturated heterocycles. The number of rotatable bonds is 3. The van der Waals surface area contributed by atoms with Gasteiger partial charge in [0.25, 0.3) is 0 Å². The summed E-state index contributed by atoms with van der Waals surface area (Å²) < 4.78 is 26.6. The molecule has 0 saturated carbocycles. The average Bonchev–Trinajstić information content (AvgIpc) is 2.41. The molecule has 0 aliphatic heterocycles. The number of Topliss-reactive ketones (excluding diaryl/α,β-unsaturated/α-hetero) is 1. The summed E-state index contributed by atoms with van der Waals surface area (Å²) in [5.41, 5.74) is 0.581. The van der Waals surface area contributed by atoms with Crippen molar-refractivity contribution in [3.05, 3.63) is 71.3 Å². The van der Waals surface area contributed by atoms with Crippen LogP contribution in [-0.4, -0.2) is 5.78 Å². The van der Waals surface area contributed by atoms with Crippen molar-refractivity contribution < 1.29 is 13.6 Å². The summed E-state index contributed by atoms with van der Waals surface area (Å²) in [5.74, 6) is -2.99. The molecule has 0 heterocycles. The second-order valence-corrected chi connectivity index (χ2v) is 4.10. The van der Waals surface area contributed by atoms with Crippen molar-refractivity contribution >= 4 is 5.78 Å². The summed E-state index contributed by atoms with van der Waals surface area (Å²) in [6.45, 7) is 1.68. The van der Waals surface area contributed by atoms with Gasteiger partial charge in [-0.05, 0) is 17.7 Å². The first-order chi connectivity index (χ1) is 8.61. The molecule has 0 fully saturated rings. The summed E-state index contributed by atoms with van der Waals surface area (Å²) in [6, 6.07) is 12.7. The second kappa shape index (κ2) is 5.08. The molecule has 0 N–H and O–H groups in total. The van der Waals surface area contributed by atoms with E-state index in [1.807, 2.05) is 6.07 Å². The Labute approximate surface area is 104 Å². The van der Waals surface area contributed by atoms with Gasteiger partial charge in [-0.3, -0.25) is 4.79 Å². The van der Waals surface area contributed by atoms with Crippen LogP contribution in [0.3, 0.4) is 0 Å². The lowest BCUT2D eigenvalue weighted by molar-refractivity contribution is 0.0961. The molecular formula is C15H12F2O. The van der Waals surface area contributed by atoms with Crippen LogP contribution in [0.2, 0.25) is 0 Å². The number of benzene rings is 2. The molecular weight excluding hydrogens is 234 g/mol. The van der Waals surface area contributed by atoms with Gasteiger partial charge in [0, 0.05) is 5.92 Å². The fourth-order valence-corrected chi connectivity index (χ4v) is 1.82. The van der Waals surface area contributed by atoms with E-state index in [0.717, 1.165) is 11.6 Å². The first-order valence-electron chi connectivity index (χ1n) is 5.64. The van der Waals surface area contributed by atoms with E-state index in [9.17, 15) is 13.6 Å².